The van der Waals surface area contributed by atoms with Gasteiger partial charge in [0, 0.05) is 30.1 Å². The zero-order valence-corrected chi connectivity index (χ0v) is 15.4. The molecule has 0 aliphatic carbocycles. The second kappa shape index (κ2) is 8.11. The van der Waals surface area contributed by atoms with E-state index in [1.165, 1.54) is 17.3 Å². The van der Waals surface area contributed by atoms with E-state index in [4.69, 9.17) is 0 Å². The van der Waals surface area contributed by atoms with Gasteiger partial charge in [0.25, 0.3) is 11.6 Å². The highest BCUT2D eigenvalue weighted by Crippen LogP contribution is 2.34. The van der Waals surface area contributed by atoms with E-state index in [9.17, 15) is 14.9 Å². The van der Waals surface area contributed by atoms with Crippen LogP contribution in [-0.4, -0.2) is 32.1 Å². The summed E-state index contributed by atoms with van der Waals surface area (Å²) in [6.45, 7) is 0.475. The van der Waals surface area contributed by atoms with Gasteiger partial charge in [-0.2, -0.15) is 0 Å². The highest BCUT2D eigenvalue weighted by molar-refractivity contribution is 7.99. The molecule has 1 aromatic carbocycles. The molecule has 1 amide bonds. The monoisotopic (exact) mass is 389 g/mol. The number of aromatic nitrogens is 3. The summed E-state index contributed by atoms with van der Waals surface area (Å²) < 4.78 is 1.67. The largest absolute Gasteiger partial charge is 0.352 e. The Morgan fingerprint density at radius 3 is 2.92 bits per heavy atom. The lowest BCUT2D eigenvalue weighted by atomic mass is 10.2. The number of aryl methyl sites for hydroxylation is 1. The zero-order valence-electron chi connectivity index (χ0n) is 13.8. The topological polar surface area (TPSA) is 103 Å². The molecule has 10 heteroatoms. The summed E-state index contributed by atoms with van der Waals surface area (Å²) in [6.07, 6.45) is 2.25. The fourth-order valence-corrected chi connectivity index (χ4v) is 3.77. The minimum absolute atomic E-state index is 0.135. The summed E-state index contributed by atoms with van der Waals surface area (Å²) in [5.41, 5.74) is 0.120. The number of hydrogen-bond donors (Lipinski definition) is 1. The van der Waals surface area contributed by atoms with Crippen LogP contribution in [0.25, 0.3) is 0 Å². The predicted molar refractivity (Wildman–Crippen MR) is 98.6 cm³/mol. The first-order valence-corrected chi connectivity index (χ1v) is 9.35. The van der Waals surface area contributed by atoms with Gasteiger partial charge in [-0.05, 0) is 41.8 Å². The van der Waals surface area contributed by atoms with E-state index >= 15 is 0 Å². The van der Waals surface area contributed by atoms with Crippen molar-refractivity contribution in [2.24, 2.45) is 7.05 Å². The van der Waals surface area contributed by atoms with Gasteiger partial charge in [0.05, 0.1) is 9.82 Å². The van der Waals surface area contributed by atoms with Crippen LogP contribution in [0.5, 0.6) is 0 Å². The number of hydrogen-bond acceptors (Lipinski definition) is 7. The molecule has 2 heterocycles. The van der Waals surface area contributed by atoms with Gasteiger partial charge in [-0.1, -0.05) is 6.07 Å². The van der Waals surface area contributed by atoms with Crippen molar-refractivity contribution >= 4 is 34.7 Å². The number of rotatable bonds is 7. The fraction of sp³-hybridized carbons (Fsp3) is 0.188. The fourth-order valence-electron chi connectivity index (χ4n) is 2.21. The second-order valence-electron chi connectivity index (χ2n) is 5.35. The smallest absolute Gasteiger partial charge is 0.284 e. The van der Waals surface area contributed by atoms with E-state index < -0.39 is 4.92 Å². The maximum atomic E-state index is 12.3. The van der Waals surface area contributed by atoms with Crippen LogP contribution in [0.1, 0.15) is 15.2 Å². The van der Waals surface area contributed by atoms with Gasteiger partial charge in [-0.3, -0.25) is 14.9 Å². The van der Waals surface area contributed by atoms with Crippen LogP contribution in [-0.2, 0) is 13.5 Å². The summed E-state index contributed by atoms with van der Waals surface area (Å²) in [6, 6.07) is 8.38. The molecule has 3 aromatic rings. The summed E-state index contributed by atoms with van der Waals surface area (Å²) in [7, 11) is 1.75. The predicted octanol–water partition coefficient (Wildman–Crippen LogP) is 2.91. The van der Waals surface area contributed by atoms with Crippen molar-refractivity contribution in [2.75, 3.05) is 6.54 Å². The van der Waals surface area contributed by atoms with Crippen molar-refractivity contribution in [3.05, 3.63) is 62.6 Å². The summed E-state index contributed by atoms with van der Waals surface area (Å²) in [5.74, 6) is -0.333. The van der Waals surface area contributed by atoms with Crippen LogP contribution in [0.4, 0.5) is 5.69 Å². The first-order chi connectivity index (χ1) is 12.5. The third kappa shape index (κ3) is 4.27. The van der Waals surface area contributed by atoms with Crippen LogP contribution < -0.4 is 5.32 Å². The Bertz CT molecular complexity index is 924. The van der Waals surface area contributed by atoms with Gasteiger partial charge in [0.2, 0.25) is 0 Å². The Morgan fingerprint density at radius 1 is 1.42 bits per heavy atom. The molecule has 0 aliphatic heterocycles. The summed E-state index contributed by atoms with van der Waals surface area (Å²) in [4.78, 5) is 24.7. The molecule has 0 unspecified atom stereocenters. The average molecular weight is 389 g/mol. The summed E-state index contributed by atoms with van der Waals surface area (Å²) >= 11 is 2.75. The number of amides is 1. The SMILES string of the molecule is Cn1cnnc1Sc1ccc(C(=O)NCCc2cccs2)cc1[N+](=O)[O-]. The Morgan fingerprint density at radius 2 is 2.27 bits per heavy atom. The van der Waals surface area contributed by atoms with Gasteiger partial charge in [0.1, 0.15) is 6.33 Å². The number of carbonyl (C=O) groups is 1. The molecular formula is C16H15N5O3S2. The van der Waals surface area contributed by atoms with E-state index in [0.29, 0.717) is 16.6 Å². The number of nitrogens with zero attached hydrogens (tertiary/aromatic N) is 4. The Kier molecular flexibility index (Phi) is 5.64. The van der Waals surface area contributed by atoms with E-state index in [1.807, 2.05) is 17.5 Å². The van der Waals surface area contributed by atoms with Crippen LogP contribution in [0.2, 0.25) is 0 Å². The van der Waals surface area contributed by atoms with Gasteiger partial charge in [0.15, 0.2) is 5.16 Å². The Hall–Kier alpha value is -2.72. The van der Waals surface area contributed by atoms with E-state index in [1.54, 1.807) is 35.1 Å². The lowest BCUT2D eigenvalue weighted by molar-refractivity contribution is -0.387. The van der Waals surface area contributed by atoms with Crippen molar-refractivity contribution in [1.29, 1.82) is 0 Å². The number of thiophene rings is 1. The zero-order chi connectivity index (χ0) is 18.5. The number of nitrogens with one attached hydrogen (secondary N) is 1. The first kappa shape index (κ1) is 18.1. The molecule has 26 heavy (non-hydrogen) atoms. The Labute approximate surface area is 157 Å². The molecule has 8 nitrogen and oxygen atoms in total. The highest BCUT2D eigenvalue weighted by Gasteiger charge is 2.20. The maximum Gasteiger partial charge on any atom is 0.284 e. The lowest BCUT2D eigenvalue weighted by Crippen LogP contribution is -2.25. The molecule has 0 fully saturated rings. The molecule has 0 radical (unpaired) electrons. The third-order valence-electron chi connectivity index (χ3n) is 3.53. The first-order valence-electron chi connectivity index (χ1n) is 7.65. The number of carbonyl (C=O) groups excluding carboxylic acids is 1. The highest BCUT2D eigenvalue weighted by atomic mass is 32.2. The summed E-state index contributed by atoms with van der Waals surface area (Å²) in [5, 5.41) is 24.4. The van der Waals surface area contributed by atoms with Crippen LogP contribution >= 0.6 is 23.1 Å². The van der Waals surface area contributed by atoms with Crippen LogP contribution in [0, 0.1) is 10.1 Å². The van der Waals surface area contributed by atoms with Crippen molar-refractivity contribution < 1.29 is 9.72 Å². The van der Waals surface area contributed by atoms with E-state index in [2.05, 4.69) is 15.5 Å². The molecule has 0 bridgehead atoms. The molecule has 0 saturated heterocycles. The normalized spacial score (nSPS) is 10.7. The molecule has 0 aliphatic rings. The van der Waals surface area contributed by atoms with Crippen molar-refractivity contribution in [2.45, 2.75) is 16.5 Å². The molecular weight excluding hydrogens is 374 g/mol. The molecule has 0 saturated carbocycles. The van der Waals surface area contributed by atoms with Gasteiger partial charge < -0.3 is 9.88 Å². The van der Waals surface area contributed by atoms with Crippen LogP contribution in [0.3, 0.4) is 0 Å². The number of benzene rings is 1. The molecule has 0 atom stereocenters. The number of nitro groups is 1. The van der Waals surface area contributed by atoms with Crippen molar-refractivity contribution in [1.82, 2.24) is 20.1 Å². The standard InChI is InChI=1S/C16H15N5O3S2/c1-20-10-18-19-16(20)26-14-5-4-11(9-13(14)21(23)24)15(22)17-7-6-12-3-2-8-25-12/h2-5,8-10H,6-7H2,1H3,(H,17,22). The van der Waals surface area contributed by atoms with Gasteiger partial charge in [-0.25, -0.2) is 0 Å². The molecule has 134 valence electrons. The molecule has 1 N–H and O–H groups in total. The van der Waals surface area contributed by atoms with Gasteiger partial charge >= 0.3 is 0 Å². The van der Waals surface area contributed by atoms with Gasteiger partial charge in [-0.15, -0.1) is 21.5 Å². The minimum atomic E-state index is -0.499. The van der Waals surface area contributed by atoms with Crippen LogP contribution in [0.15, 0.2) is 52.1 Å². The lowest BCUT2D eigenvalue weighted by Gasteiger charge is -2.07. The average Bonchev–Trinajstić information content (AvgIpc) is 3.27. The molecule has 2 aromatic heterocycles. The third-order valence-corrected chi connectivity index (χ3v) is 5.58. The second-order valence-corrected chi connectivity index (χ2v) is 7.39. The van der Waals surface area contributed by atoms with E-state index in [-0.39, 0.29) is 17.2 Å². The van der Waals surface area contributed by atoms with Crippen molar-refractivity contribution in [3.63, 3.8) is 0 Å². The van der Waals surface area contributed by atoms with Crippen molar-refractivity contribution in [3.8, 4) is 0 Å². The molecule has 3 rings (SSSR count). The quantitative estimate of drug-likeness (QED) is 0.492. The molecule has 0 spiro atoms. The minimum Gasteiger partial charge on any atom is -0.352 e. The maximum absolute atomic E-state index is 12.3. The Balaban J connectivity index is 1.72. The number of nitro benzene ring substituents is 1. The van der Waals surface area contributed by atoms with E-state index in [0.717, 1.165) is 18.2 Å².